The van der Waals surface area contributed by atoms with Crippen molar-refractivity contribution in [3.63, 3.8) is 0 Å². The molecule has 5 aromatic rings. The third-order valence-corrected chi connectivity index (χ3v) is 11.6. The van der Waals surface area contributed by atoms with Gasteiger partial charge in [0.05, 0.1) is 22.2 Å². The van der Waals surface area contributed by atoms with E-state index in [-0.39, 0.29) is 59.5 Å². The third-order valence-electron chi connectivity index (χ3n) is 11.6. The fraction of sp³-hybridized carbons (Fsp3) is 0.425. The van der Waals surface area contributed by atoms with Crippen LogP contribution in [0.3, 0.4) is 0 Å². The number of nitrogens with one attached hydrogen (secondary N) is 1. The highest BCUT2D eigenvalue weighted by atomic mass is 19.3. The van der Waals surface area contributed by atoms with Gasteiger partial charge in [0.2, 0.25) is 5.88 Å². The van der Waals surface area contributed by atoms with Crippen molar-refractivity contribution < 1.29 is 27.0 Å². The van der Waals surface area contributed by atoms with E-state index >= 15 is 8.78 Å². The molecule has 7 heterocycles. The summed E-state index contributed by atoms with van der Waals surface area (Å²) in [5.74, 6) is 1.42. The molecule has 278 valence electrons. The first-order valence-electron chi connectivity index (χ1n) is 18.5. The standard InChI is InChI=1S/C40H38F4N8O2/c1-2-26-28(41)11-10-23-6-3-8-27(31(23)26)34-33(42)35-32-29(47-34)9-4-7-24-20-45-17-19-51(24)38(32)50-39(49-35)54-22-40-14-5-18-52(40)25(12-15-40)21-53-30-13-16-46-37(48-30)36(43)44/h1,3,6,8,10-11,13,16,24-25,36,45H,4-5,7,9,12,14-15,17-22H2/t24-,25+,40+/m1/s1. The fourth-order valence-corrected chi connectivity index (χ4v) is 9.04. The van der Waals surface area contributed by atoms with Crippen LogP contribution in [0.2, 0.25) is 0 Å². The van der Waals surface area contributed by atoms with Crippen molar-refractivity contribution in [3.05, 3.63) is 71.3 Å². The summed E-state index contributed by atoms with van der Waals surface area (Å²) in [6, 6.07) is 10.0. The van der Waals surface area contributed by atoms with E-state index in [0.29, 0.717) is 46.2 Å². The Labute approximate surface area is 309 Å². The minimum atomic E-state index is -2.78. The maximum absolute atomic E-state index is 17.2. The maximum Gasteiger partial charge on any atom is 0.319 e. The van der Waals surface area contributed by atoms with Crippen LogP contribution in [0.5, 0.6) is 11.9 Å². The number of alkyl halides is 2. The van der Waals surface area contributed by atoms with Gasteiger partial charge in [-0.1, -0.05) is 30.2 Å². The van der Waals surface area contributed by atoms with E-state index in [1.807, 2.05) is 6.07 Å². The number of pyridine rings is 1. The molecule has 54 heavy (non-hydrogen) atoms. The largest absolute Gasteiger partial charge is 0.476 e. The van der Waals surface area contributed by atoms with Gasteiger partial charge in [0.15, 0.2) is 11.6 Å². The molecule has 3 atom stereocenters. The first kappa shape index (κ1) is 34.6. The molecule has 0 amide bonds. The lowest BCUT2D eigenvalue weighted by atomic mass is 9.94. The summed E-state index contributed by atoms with van der Waals surface area (Å²) >= 11 is 0. The van der Waals surface area contributed by atoms with Gasteiger partial charge in [0, 0.05) is 54.9 Å². The van der Waals surface area contributed by atoms with Gasteiger partial charge in [-0.15, -0.1) is 6.42 Å². The number of piperazine rings is 1. The molecule has 9 rings (SSSR count). The van der Waals surface area contributed by atoms with Crippen LogP contribution in [0, 0.1) is 24.0 Å². The van der Waals surface area contributed by atoms with Gasteiger partial charge in [-0.05, 0) is 62.9 Å². The van der Waals surface area contributed by atoms with Crippen LogP contribution in [0.25, 0.3) is 32.9 Å². The molecule has 0 spiro atoms. The molecule has 4 aliphatic heterocycles. The van der Waals surface area contributed by atoms with Crippen LogP contribution in [-0.4, -0.2) is 86.8 Å². The van der Waals surface area contributed by atoms with Crippen molar-refractivity contribution in [2.45, 2.75) is 69.0 Å². The zero-order valence-electron chi connectivity index (χ0n) is 29.5. The van der Waals surface area contributed by atoms with Gasteiger partial charge in [-0.25, -0.2) is 27.5 Å². The Kier molecular flexibility index (Phi) is 8.94. The molecule has 4 aliphatic rings. The lowest BCUT2D eigenvalue weighted by molar-refractivity contribution is 0.0675. The molecule has 1 N–H and O–H groups in total. The Morgan fingerprint density at radius 3 is 2.76 bits per heavy atom. The molecule has 14 heteroatoms. The molecule has 0 aliphatic carbocycles. The number of terminal acetylenes is 1. The molecule has 2 aromatic carbocycles. The quantitative estimate of drug-likeness (QED) is 0.142. The second-order valence-electron chi connectivity index (χ2n) is 14.6. The molecule has 0 saturated carbocycles. The van der Waals surface area contributed by atoms with Crippen LogP contribution in [0.1, 0.15) is 62.0 Å². The first-order chi connectivity index (χ1) is 26.3. The normalized spacial score (nSPS) is 22.6. The van der Waals surface area contributed by atoms with Gasteiger partial charge >= 0.3 is 6.01 Å². The minimum Gasteiger partial charge on any atom is -0.476 e. The van der Waals surface area contributed by atoms with E-state index in [0.717, 1.165) is 58.2 Å². The van der Waals surface area contributed by atoms with E-state index in [1.54, 1.807) is 18.2 Å². The number of halogens is 4. The average molecular weight is 739 g/mol. The predicted octanol–water partition coefficient (Wildman–Crippen LogP) is 6.40. The van der Waals surface area contributed by atoms with Crippen molar-refractivity contribution in [1.29, 1.82) is 0 Å². The number of hydrogen-bond acceptors (Lipinski definition) is 10. The van der Waals surface area contributed by atoms with Crippen molar-refractivity contribution in [2.24, 2.45) is 0 Å². The summed E-state index contributed by atoms with van der Waals surface area (Å²) in [6.45, 7) is 3.60. The molecule has 0 unspecified atom stereocenters. The number of benzene rings is 2. The van der Waals surface area contributed by atoms with Crippen LogP contribution in [-0.2, 0) is 6.42 Å². The topological polar surface area (TPSA) is 101 Å². The molecule has 3 aromatic heterocycles. The molecule has 0 radical (unpaired) electrons. The van der Waals surface area contributed by atoms with Crippen LogP contribution < -0.4 is 19.7 Å². The smallest absolute Gasteiger partial charge is 0.319 e. The number of anilines is 1. The highest BCUT2D eigenvalue weighted by Crippen LogP contribution is 2.44. The number of hydrogen-bond donors (Lipinski definition) is 1. The van der Waals surface area contributed by atoms with E-state index < -0.39 is 23.9 Å². The summed E-state index contributed by atoms with van der Waals surface area (Å²) in [4.78, 5) is 26.8. The monoisotopic (exact) mass is 738 g/mol. The molecular weight excluding hydrogens is 700 g/mol. The Hall–Kier alpha value is -5.13. The highest BCUT2D eigenvalue weighted by Gasteiger charge is 2.50. The molecular formula is C40H38F4N8O2. The number of nitrogens with zero attached hydrogens (tertiary/aromatic N) is 7. The van der Waals surface area contributed by atoms with Crippen LogP contribution in [0.15, 0.2) is 42.6 Å². The van der Waals surface area contributed by atoms with Gasteiger partial charge in [-0.2, -0.15) is 15.0 Å². The highest BCUT2D eigenvalue weighted by molar-refractivity contribution is 6.02. The Bertz CT molecular complexity index is 2300. The van der Waals surface area contributed by atoms with E-state index in [2.05, 4.69) is 31.0 Å². The lowest BCUT2D eigenvalue weighted by Crippen LogP contribution is -2.52. The summed E-state index contributed by atoms with van der Waals surface area (Å²) in [6.07, 6.45) is 10.1. The first-order valence-corrected chi connectivity index (χ1v) is 18.5. The van der Waals surface area contributed by atoms with Crippen LogP contribution >= 0.6 is 0 Å². The van der Waals surface area contributed by atoms with Gasteiger partial charge in [0.25, 0.3) is 6.43 Å². The Morgan fingerprint density at radius 1 is 0.981 bits per heavy atom. The number of fused-ring (bicyclic) bond motifs is 4. The maximum atomic E-state index is 17.2. The number of aryl methyl sites for hydroxylation is 1. The van der Waals surface area contributed by atoms with Crippen LogP contribution in [0.4, 0.5) is 23.4 Å². The van der Waals surface area contributed by atoms with E-state index in [9.17, 15) is 8.78 Å². The lowest BCUT2D eigenvalue weighted by Gasteiger charge is -2.39. The van der Waals surface area contributed by atoms with Gasteiger partial charge in [0.1, 0.15) is 36.1 Å². The van der Waals surface area contributed by atoms with Crippen molar-refractivity contribution >= 4 is 27.5 Å². The molecule has 0 bridgehead atoms. The van der Waals surface area contributed by atoms with Gasteiger partial charge < -0.3 is 19.7 Å². The summed E-state index contributed by atoms with van der Waals surface area (Å²) in [7, 11) is 0. The van der Waals surface area contributed by atoms with Crippen molar-refractivity contribution in [3.8, 4) is 35.5 Å². The fourth-order valence-electron chi connectivity index (χ4n) is 9.04. The minimum absolute atomic E-state index is 0.0284. The van der Waals surface area contributed by atoms with E-state index in [1.165, 1.54) is 18.3 Å². The molecule has 10 nitrogen and oxygen atoms in total. The van der Waals surface area contributed by atoms with E-state index in [4.69, 9.17) is 30.8 Å². The average Bonchev–Trinajstić information content (AvgIpc) is 3.76. The number of aromatic nitrogens is 5. The van der Waals surface area contributed by atoms with Crippen molar-refractivity contribution in [2.75, 3.05) is 44.3 Å². The molecule has 3 saturated heterocycles. The molecule has 3 fully saturated rings. The Morgan fingerprint density at radius 2 is 1.89 bits per heavy atom. The Balaban J connectivity index is 1.08. The second-order valence-corrected chi connectivity index (χ2v) is 14.6. The zero-order chi connectivity index (χ0) is 37.0. The van der Waals surface area contributed by atoms with Gasteiger partial charge in [-0.3, -0.25) is 4.90 Å². The predicted molar refractivity (Wildman–Crippen MR) is 195 cm³/mol. The zero-order valence-corrected chi connectivity index (χ0v) is 29.5. The van der Waals surface area contributed by atoms with Crippen molar-refractivity contribution in [1.82, 2.24) is 35.1 Å². The SMILES string of the molecule is C#Cc1c(F)ccc2cccc(-c3nc4c5c(nc(OC[C@@]67CCCN6[C@H](COc6ccnc(C(F)F)n6)CC7)nc5c3F)N3CCNC[C@H]3CCC4)c12. The summed E-state index contributed by atoms with van der Waals surface area (Å²) in [5, 5.41) is 5.15. The summed E-state index contributed by atoms with van der Waals surface area (Å²) in [5.41, 5.74) is 0.976. The summed E-state index contributed by atoms with van der Waals surface area (Å²) < 4.78 is 71.0. The number of rotatable bonds is 8. The second kappa shape index (κ2) is 13.9. The third kappa shape index (κ3) is 5.94. The number of ether oxygens (including phenoxy) is 2.